The molecule has 190 valence electrons. The van der Waals surface area contributed by atoms with Crippen LogP contribution in [0.1, 0.15) is 21.5 Å². The number of nitrogens with zero attached hydrogens (tertiary/aromatic N) is 4. The molecule has 38 heavy (non-hydrogen) atoms. The van der Waals surface area contributed by atoms with E-state index in [-0.39, 0.29) is 11.1 Å². The van der Waals surface area contributed by atoms with Gasteiger partial charge in [-0.15, -0.1) is 0 Å². The summed E-state index contributed by atoms with van der Waals surface area (Å²) in [5.74, 6) is -0.696. The van der Waals surface area contributed by atoms with E-state index in [0.717, 1.165) is 23.1 Å². The summed E-state index contributed by atoms with van der Waals surface area (Å²) in [6, 6.07) is 14.4. The number of nitrogens with one attached hydrogen (secondary N) is 1. The van der Waals surface area contributed by atoms with Crippen LogP contribution in [0.2, 0.25) is 0 Å². The lowest BCUT2D eigenvalue weighted by atomic mass is 9.99. The summed E-state index contributed by atoms with van der Waals surface area (Å²) in [4.78, 5) is 38.7. The zero-order valence-electron chi connectivity index (χ0n) is 20.2. The van der Waals surface area contributed by atoms with Crippen molar-refractivity contribution < 1.29 is 18.0 Å². The van der Waals surface area contributed by atoms with E-state index in [1.807, 2.05) is 6.92 Å². The van der Waals surface area contributed by atoms with Crippen molar-refractivity contribution >= 4 is 22.5 Å². The van der Waals surface area contributed by atoms with Crippen molar-refractivity contribution in [3.8, 4) is 22.5 Å². The molecule has 0 unspecified atom stereocenters. The molecule has 0 bridgehead atoms. The van der Waals surface area contributed by atoms with Crippen molar-refractivity contribution in [3.05, 3.63) is 106 Å². The van der Waals surface area contributed by atoms with Gasteiger partial charge in [0.1, 0.15) is 6.33 Å². The highest BCUT2D eigenvalue weighted by atomic mass is 19.4. The van der Waals surface area contributed by atoms with E-state index in [1.54, 1.807) is 55.8 Å². The molecule has 0 aliphatic heterocycles. The molecule has 0 atom stereocenters. The van der Waals surface area contributed by atoms with Crippen LogP contribution in [0.25, 0.3) is 33.4 Å². The van der Waals surface area contributed by atoms with Crippen LogP contribution < -0.4 is 10.9 Å². The summed E-state index contributed by atoms with van der Waals surface area (Å²) in [6.07, 6.45) is 0.126. The third-order valence-electron chi connectivity index (χ3n) is 6.19. The first-order valence-corrected chi connectivity index (χ1v) is 11.5. The van der Waals surface area contributed by atoms with Crippen LogP contribution in [0.5, 0.6) is 0 Å². The molecule has 0 saturated carbocycles. The first-order chi connectivity index (χ1) is 18.1. The number of carbonyl (C=O) groups excluding carboxylic acids is 1. The van der Waals surface area contributed by atoms with Crippen LogP contribution in [0.15, 0.2) is 84.2 Å². The quantitative estimate of drug-likeness (QED) is 0.335. The van der Waals surface area contributed by atoms with Crippen molar-refractivity contribution in [1.29, 1.82) is 0 Å². The van der Waals surface area contributed by atoms with Crippen molar-refractivity contribution in [2.45, 2.75) is 13.1 Å². The Labute approximate surface area is 214 Å². The number of aryl methyl sites for hydroxylation is 2. The predicted molar refractivity (Wildman–Crippen MR) is 138 cm³/mol. The number of anilines is 1. The summed E-state index contributed by atoms with van der Waals surface area (Å²) in [6.45, 7) is 1.83. The molecule has 0 fully saturated rings. The average Bonchev–Trinajstić information content (AvgIpc) is 2.92. The fourth-order valence-corrected chi connectivity index (χ4v) is 4.17. The summed E-state index contributed by atoms with van der Waals surface area (Å²) in [5, 5.41) is 3.35. The Balaban J connectivity index is 1.51. The molecule has 0 aliphatic rings. The molecular weight excluding hydrogens is 495 g/mol. The molecule has 7 nitrogen and oxygen atoms in total. The predicted octanol–water partition coefficient (Wildman–Crippen LogP) is 5.64. The van der Waals surface area contributed by atoms with Gasteiger partial charge in [-0.05, 0) is 66.6 Å². The number of carbonyl (C=O) groups is 1. The number of halogens is 3. The lowest BCUT2D eigenvalue weighted by molar-refractivity contribution is -0.137. The third-order valence-corrected chi connectivity index (χ3v) is 6.19. The highest BCUT2D eigenvalue weighted by Gasteiger charge is 2.31. The molecule has 2 aromatic carbocycles. The lowest BCUT2D eigenvalue weighted by Gasteiger charge is -2.14. The number of fused-ring (bicyclic) bond motifs is 1. The number of amides is 1. The van der Waals surface area contributed by atoms with Gasteiger partial charge in [0.2, 0.25) is 0 Å². The van der Waals surface area contributed by atoms with Gasteiger partial charge in [-0.2, -0.15) is 13.2 Å². The molecule has 0 aliphatic carbocycles. The number of rotatable bonds is 4. The lowest BCUT2D eigenvalue weighted by Crippen LogP contribution is -2.19. The minimum absolute atomic E-state index is 0.130. The molecule has 1 N–H and O–H groups in total. The minimum Gasteiger partial charge on any atom is -0.322 e. The summed E-state index contributed by atoms with van der Waals surface area (Å²) in [7, 11) is 1.66. The Kier molecular flexibility index (Phi) is 6.23. The van der Waals surface area contributed by atoms with Crippen LogP contribution in [-0.2, 0) is 13.2 Å². The first-order valence-electron chi connectivity index (χ1n) is 11.5. The van der Waals surface area contributed by atoms with E-state index in [1.165, 1.54) is 23.0 Å². The van der Waals surface area contributed by atoms with E-state index in [9.17, 15) is 22.8 Å². The number of alkyl halides is 3. The summed E-state index contributed by atoms with van der Waals surface area (Å²) >= 11 is 0. The van der Waals surface area contributed by atoms with E-state index < -0.39 is 17.6 Å². The fraction of sp³-hybridized carbons (Fsp3) is 0.107. The van der Waals surface area contributed by atoms with Gasteiger partial charge < -0.3 is 9.88 Å². The van der Waals surface area contributed by atoms with Gasteiger partial charge >= 0.3 is 6.18 Å². The number of hydrogen-bond acceptors (Lipinski definition) is 5. The Hall–Kier alpha value is -4.86. The molecule has 5 aromatic rings. The summed E-state index contributed by atoms with van der Waals surface area (Å²) < 4.78 is 40.7. The van der Waals surface area contributed by atoms with Crippen LogP contribution >= 0.6 is 0 Å². The molecule has 3 aromatic heterocycles. The van der Waals surface area contributed by atoms with Gasteiger partial charge in [0.15, 0.2) is 0 Å². The second-order valence-electron chi connectivity index (χ2n) is 8.71. The Morgan fingerprint density at radius 1 is 0.947 bits per heavy atom. The van der Waals surface area contributed by atoms with E-state index >= 15 is 0 Å². The zero-order chi connectivity index (χ0) is 27.0. The Morgan fingerprint density at radius 2 is 1.76 bits per heavy atom. The van der Waals surface area contributed by atoms with Gasteiger partial charge in [-0.25, -0.2) is 9.97 Å². The molecule has 3 heterocycles. The summed E-state index contributed by atoms with van der Waals surface area (Å²) in [5.41, 5.74) is 2.67. The van der Waals surface area contributed by atoms with Gasteiger partial charge in [0.05, 0.1) is 22.5 Å². The number of benzene rings is 2. The minimum atomic E-state index is -4.56. The number of pyridine rings is 2. The molecule has 0 spiro atoms. The zero-order valence-corrected chi connectivity index (χ0v) is 20.2. The van der Waals surface area contributed by atoms with E-state index in [2.05, 4.69) is 20.3 Å². The van der Waals surface area contributed by atoms with Crippen LogP contribution in [0.4, 0.5) is 18.9 Å². The van der Waals surface area contributed by atoms with Crippen LogP contribution in [0, 0.1) is 6.92 Å². The Bertz CT molecular complexity index is 1750. The number of hydrogen-bond donors (Lipinski definition) is 1. The standard InChI is InChI=1S/C28H20F3N5O2/c1-16-6-7-20(35-26(37)17-4-3-5-19(10-17)28(29,30)31)12-21(16)22-11-18-14-33-24(23-8-9-32-15-34-23)13-25(18)36(2)27(22)38/h3-15H,1-2H3,(H,35,37). The highest BCUT2D eigenvalue weighted by molar-refractivity contribution is 6.04. The number of aromatic nitrogens is 4. The smallest absolute Gasteiger partial charge is 0.322 e. The van der Waals surface area contributed by atoms with Crippen molar-refractivity contribution in [3.63, 3.8) is 0 Å². The van der Waals surface area contributed by atoms with Crippen molar-refractivity contribution in [1.82, 2.24) is 19.5 Å². The van der Waals surface area contributed by atoms with Crippen LogP contribution in [-0.4, -0.2) is 25.4 Å². The SMILES string of the molecule is Cc1ccc(NC(=O)c2cccc(C(F)(F)F)c2)cc1-c1cc2cnc(-c3ccncn3)cc2n(C)c1=O. The molecule has 0 radical (unpaired) electrons. The van der Waals surface area contributed by atoms with Crippen molar-refractivity contribution in [2.24, 2.45) is 7.05 Å². The third kappa shape index (κ3) is 4.75. The van der Waals surface area contributed by atoms with Gasteiger partial charge in [0.25, 0.3) is 11.5 Å². The van der Waals surface area contributed by atoms with Gasteiger partial charge in [-0.1, -0.05) is 12.1 Å². The monoisotopic (exact) mass is 515 g/mol. The maximum absolute atomic E-state index is 13.4. The fourth-order valence-electron chi connectivity index (χ4n) is 4.17. The molecule has 0 saturated heterocycles. The van der Waals surface area contributed by atoms with Crippen molar-refractivity contribution in [2.75, 3.05) is 5.32 Å². The van der Waals surface area contributed by atoms with E-state index in [4.69, 9.17) is 0 Å². The molecule has 10 heteroatoms. The molecular formula is C28H20F3N5O2. The van der Waals surface area contributed by atoms with E-state index in [0.29, 0.717) is 33.7 Å². The van der Waals surface area contributed by atoms with Gasteiger partial charge in [-0.3, -0.25) is 14.6 Å². The Morgan fingerprint density at radius 3 is 2.50 bits per heavy atom. The highest BCUT2D eigenvalue weighted by Crippen LogP contribution is 2.31. The maximum atomic E-state index is 13.4. The average molecular weight is 515 g/mol. The second kappa shape index (κ2) is 9.55. The maximum Gasteiger partial charge on any atom is 0.416 e. The first kappa shape index (κ1) is 24.8. The largest absolute Gasteiger partial charge is 0.416 e. The molecule has 1 amide bonds. The normalized spacial score (nSPS) is 11.5. The second-order valence-corrected chi connectivity index (χ2v) is 8.71. The molecule has 5 rings (SSSR count). The van der Waals surface area contributed by atoms with Crippen LogP contribution in [0.3, 0.4) is 0 Å². The van der Waals surface area contributed by atoms with Gasteiger partial charge in [0, 0.05) is 41.6 Å². The topological polar surface area (TPSA) is 89.8 Å².